The van der Waals surface area contributed by atoms with Gasteiger partial charge in [-0.2, -0.15) is 0 Å². The number of nitrogens with zero attached hydrogens (tertiary/aromatic N) is 2. The van der Waals surface area contributed by atoms with Crippen LogP contribution in [0.5, 0.6) is 5.75 Å². The van der Waals surface area contributed by atoms with Gasteiger partial charge in [0, 0.05) is 24.7 Å². The van der Waals surface area contributed by atoms with E-state index in [1.165, 1.54) is 7.11 Å². The summed E-state index contributed by atoms with van der Waals surface area (Å²) in [6, 6.07) is 5.65. The van der Waals surface area contributed by atoms with Crippen LogP contribution in [0, 0.1) is 17.3 Å². The number of aliphatic hydroxyl groups is 1. The van der Waals surface area contributed by atoms with Gasteiger partial charge < -0.3 is 14.6 Å². The molecule has 4 heterocycles. The third-order valence-corrected chi connectivity index (χ3v) is 7.61. The number of rotatable bonds is 3. The molecule has 6 atom stereocenters. The van der Waals surface area contributed by atoms with Gasteiger partial charge in [0.15, 0.2) is 0 Å². The molecule has 6 rings (SSSR count). The SMILES string of the molecule is CC[C@H]1C[C@H]2CN3CC[C@]4(O)C(=Nc5ccc(OC)cc54)[C@](C(=O)OC)(C2)[C@H]13. The zero-order chi connectivity index (χ0) is 19.7. The van der Waals surface area contributed by atoms with Crippen molar-refractivity contribution in [1.82, 2.24) is 4.90 Å². The molecule has 150 valence electrons. The highest BCUT2D eigenvalue weighted by Crippen LogP contribution is 2.59. The number of hydrogen-bond acceptors (Lipinski definition) is 6. The molecular formula is C22H28N2O4. The maximum atomic E-state index is 13.4. The molecule has 4 fully saturated rings. The van der Waals surface area contributed by atoms with Crippen molar-refractivity contribution in [2.24, 2.45) is 22.2 Å². The lowest BCUT2D eigenvalue weighted by Gasteiger charge is -2.58. The van der Waals surface area contributed by atoms with Gasteiger partial charge in [-0.3, -0.25) is 14.7 Å². The average Bonchev–Trinajstić information content (AvgIpc) is 3.00. The van der Waals surface area contributed by atoms with E-state index in [0.29, 0.717) is 36.1 Å². The van der Waals surface area contributed by atoms with Gasteiger partial charge in [0.25, 0.3) is 0 Å². The minimum atomic E-state index is -1.25. The summed E-state index contributed by atoms with van der Waals surface area (Å²) in [7, 11) is 3.08. The summed E-state index contributed by atoms with van der Waals surface area (Å²) in [5, 5.41) is 12.0. The van der Waals surface area contributed by atoms with Crippen molar-refractivity contribution in [2.45, 2.75) is 44.2 Å². The van der Waals surface area contributed by atoms with Crippen molar-refractivity contribution in [1.29, 1.82) is 0 Å². The number of ether oxygens (including phenoxy) is 2. The first-order chi connectivity index (χ1) is 13.5. The number of hydrogen-bond donors (Lipinski definition) is 1. The molecule has 6 nitrogen and oxygen atoms in total. The fraction of sp³-hybridized carbons (Fsp3) is 0.636. The summed E-state index contributed by atoms with van der Waals surface area (Å²) < 4.78 is 10.8. The Labute approximate surface area is 165 Å². The Morgan fingerprint density at radius 2 is 2.21 bits per heavy atom. The molecule has 1 aromatic carbocycles. The van der Waals surface area contributed by atoms with E-state index in [2.05, 4.69) is 11.8 Å². The van der Waals surface area contributed by atoms with Crippen LogP contribution in [0.25, 0.3) is 0 Å². The fourth-order valence-electron chi connectivity index (χ4n) is 6.59. The van der Waals surface area contributed by atoms with Gasteiger partial charge in [0.1, 0.15) is 16.8 Å². The van der Waals surface area contributed by atoms with Crippen LogP contribution in [0.1, 0.15) is 38.2 Å². The second-order valence-electron chi connectivity index (χ2n) is 8.83. The quantitative estimate of drug-likeness (QED) is 0.812. The Hall–Kier alpha value is -1.92. The first-order valence-electron chi connectivity index (χ1n) is 10.3. The minimum absolute atomic E-state index is 0.0407. The highest BCUT2D eigenvalue weighted by molar-refractivity contribution is 6.15. The van der Waals surface area contributed by atoms with E-state index in [4.69, 9.17) is 14.5 Å². The molecular weight excluding hydrogens is 356 g/mol. The molecule has 1 unspecified atom stereocenters. The summed E-state index contributed by atoms with van der Waals surface area (Å²) in [5.41, 5.74) is -0.0401. The Balaban J connectivity index is 1.74. The van der Waals surface area contributed by atoms with Crippen molar-refractivity contribution < 1.29 is 19.4 Å². The molecule has 1 aliphatic carbocycles. The van der Waals surface area contributed by atoms with Crippen LogP contribution in [0.2, 0.25) is 0 Å². The van der Waals surface area contributed by atoms with Crippen molar-refractivity contribution in [2.75, 3.05) is 27.3 Å². The third-order valence-electron chi connectivity index (χ3n) is 7.61. The maximum Gasteiger partial charge on any atom is 0.319 e. The van der Waals surface area contributed by atoms with Gasteiger partial charge in [-0.25, -0.2) is 0 Å². The number of carbonyl (C=O) groups excluding carboxylic acids is 1. The van der Waals surface area contributed by atoms with Crippen molar-refractivity contribution in [3.8, 4) is 5.75 Å². The number of piperidine rings is 2. The van der Waals surface area contributed by atoms with E-state index in [1.54, 1.807) is 7.11 Å². The smallest absolute Gasteiger partial charge is 0.319 e. The molecule has 6 heteroatoms. The molecule has 0 amide bonds. The van der Waals surface area contributed by atoms with Gasteiger partial charge in [-0.1, -0.05) is 13.3 Å². The van der Waals surface area contributed by atoms with Gasteiger partial charge in [0.05, 0.1) is 25.6 Å². The largest absolute Gasteiger partial charge is 0.497 e. The molecule has 0 aromatic heterocycles. The molecule has 5 aliphatic rings. The Bertz CT molecular complexity index is 868. The first kappa shape index (κ1) is 18.1. The van der Waals surface area contributed by atoms with Gasteiger partial charge >= 0.3 is 5.97 Å². The van der Waals surface area contributed by atoms with E-state index in [-0.39, 0.29) is 12.0 Å². The first-order valence-corrected chi connectivity index (χ1v) is 10.3. The summed E-state index contributed by atoms with van der Waals surface area (Å²) in [6.07, 6.45) is 3.40. The van der Waals surface area contributed by atoms with Gasteiger partial charge in [0.2, 0.25) is 0 Å². The van der Waals surface area contributed by atoms with Crippen LogP contribution in [0.4, 0.5) is 5.69 Å². The van der Waals surface area contributed by atoms with Crippen LogP contribution < -0.4 is 4.74 Å². The summed E-state index contributed by atoms with van der Waals surface area (Å²) >= 11 is 0. The number of esters is 1. The lowest BCUT2D eigenvalue weighted by atomic mass is 9.54. The van der Waals surface area contributed by atoms with E-state index in [1.807, 2.05) is 18.2 Å². The molecule has 4 bridgehead atoms. The zero-order valence-electron chi connectivity index (χ0n) is 16.8. The normalized spacial score (nSPS) is 40.2. The van der Waals surface area contributed by atoms with Crippen LogP contribution in [0.3, 0.4) is 0 Å². The second kappa shape index (κ2) is 6.04. The Kier molecular flexibility index (Phi) is 3.91. The number of methoxy groups -OCH3 is 2. The van der Waals surface area contributed by atoms with Crippen LogP contribution in [0.15, 0.2) is 23.2 Å². The van der Waals surface area contributed by atoms with Crippen molar-refractivity contribution in [3.05, 3.63) is 23.8 Å². The Morgan fingerprint density at radius 3 is 2.93 bits per heavy atom. The molecule has 1 saturated carbocycles. The third kappa shape index (κ3) is 2.10. The summed E-state index contributed by atoms with van der Waals surface area (Å²) in [5.74, 6) is 1.28. The highest BCUT2D eigenvalue weighted by Gasteiger charge is 2.68. The summed E-state index contributed by atoms with van der Waals surface area (Å²) in [6.45, 7) is 3.95. The van der Waals surface area contributed by atoms with Crippen LogP contribution in [-0.4, -0.2) is 55.0 Å². The van der Waals surface area contributed by atoms with Gasteiger partial charge in [-0.15, -0.1) is 0 Å². The molecule has 0 spiro atoms. The number of fused-ring (bicyclic) bond motifs is 4. The van der Waals surface area contributed by atoms with Gasteiger partial charge in [-0.05, 0) is 49.3 Å². The molecule has 4 aliphatic heterocycles. The molecule has 1 aromatic rings. The molecule has 28 heavy (non-hydrogen) atoms. The van der Waals surface area contributed by atoms with Crippen molar-refractivity contribution >= 4 is 17.4 Å². The zero-order valence-corrected chi connectivity index (χ0v) is 16.8. The monoisotopic (exact) mass is 384 g/mol. The van der Waals surface area contributed by atoms with Crippen LogP contribution >= 0.6 is 0 Å². The molecule has 0 radical (unpaired) electrons. The lowest BCUT2D eigenvalue weighted by Crippen LogP contribution is -2.68. The number of benzene rings is 1. The van der Waals surface area contributed by atoms with E-state index >= 15 is 0 Å². The van der Waals surface area contributed by atoms with E-state index in [0.717, 1.165) is 37.2 Å². The average molecular weight is 384 g/mol. The number of carbonyl (C=O) groups is 1. The standard InChI is InChI=1S/C22H28N2O4/c1-4-14-9-13-11-21(20(25)28-3)18(14)24(12-13)8-7-22(26)16-10-15(27-2)5-6-17(16)23-19(21)22/h5-6,10,13-14,18,26H,4,7-9,11-12H2,1-3H3/t13-,14+,18+,21+,22-/m1/s1. The Morgan fingerprint density at radius 1 is 1.39 bits per heavy atom. The lowest BCUT2D eigenvalue weighted by molar-refractivity contribution is -0.164. The minimum Gasteiger partial charge on any atom is -0.497 e. The van der Waals surface area contributed by atoms with Crippen LogP contribution in [-0.2, 0) is 15.1 Å². The number of aliphatic imine (C=N–C) groups is 1. The van der Waals surface area contributed by atoms with E-state index in [9.17, 15) is 9.90 Å². The maximum absolute atomic E-state index is 13.4. The fourth-order valence-corrected chi connectivity index (χ4v) is 6.59. The topological polar surface area (TPSA) is 71.4 Å². The van der Waals surface area contributed by atoms with Crippen molar-refractivity contribution in [3.63, 3.8) is 0 Å². The van der Waals surface area contributed by atoms with E-state index < -0.39 is 11.0 Å². The highest BCUT2D eigenvalue weighted by atomic mass is 16.5. The predicted octanol–water partition coefficient (Wildman–Crippen LogP) is 2.65. The predicted molar refractivity (Wildman–Crippen MR) is 105 cm³/mol. The summed E-state index contributed by atoms with van der Waals surface area (Å²) in [4.78, 5) is 20.7. The molecule has 3 saturated heterocycles. The second-order valence-corrected chi connectivity index (χ2v) is 8.83. The molecule has 1 N–H and O–H groups in total.